The van der Waals surface area contributed by atoms with Crippen molar-refractivity contribution in [2.75, 3.05) is 37.8 Å². The second kappa shape index (κ2) is 9.48. The highest BCUT2D eigenvalue weighted by Crippen LogP contribution is 2.22. The molecule has 0 aliphatic rings. The Hall–Kier alpha value is -2.44. The fraction of sp³-hybridized carbons (Fsp3) is 0.238. The molecular weight excluding hydrogens is 402 g/mol. The third-order valence-electron chi connectivity index (χ3n) is 4.02. The molecule has 2 aromatic carbocycles. The fourth-order valence-corrected chi connectivity index (χ4v) is 2.82. The van der Waals surface area contributed by atoms with Crippen LogP contribution in [0.4, 0.5) is 11.8 Å². The number of aromatic nitrogens is 2. The summed E-state index contributed by atoms with van der Waals surface area (Å²) in [6.07, 6.45) is 0. The van der Waals surface area contributed by atoms with Crippen molar-refractivity contribution in [3.63, 3.8) is 0 Å². The Morgan fingerprint density at radius 3 is 2.37 bits per heavy atom. The highest BCUT2D eigenvalue weighted by Gasteiger charge is 2.07. The van der Waals surface area contributed by atoms with Gasteiger partial charge in [-0.15, -0.1) is 0 Å². The van der Waals surface area contributed by atoms with E-state index < -0.39 is 0 Å². The molecule has 0 unspecified atom stereocenters. The maximum atomic E-state index is 4.68. The highest BCUT2D eigenvalue weighted by atomic mass is 79.9. The molecule has 0 aliphatic carbocycles. The molecule has 1 heterocycles. The zero-order valence-corrected chi connectivity index (χ0v) is 17.2. The van der Waals surface area contributed by atoms with E-state index in [9.17, 15) is 0 Å². The SMILES string of the molecule is CN(C)CCNc1nc(NCc2ccc(Br)cc2)cc(-c2ccccc2)n1. The van der Waals surface area contributed by atoms with Gasteiger partial charge in [0.15, 0.2) is 0 Å². The maximum absolute atomic E-state index is 4.68. The number of likely N-dealkylation sites (N-methyl/N-ethyl adjacent to an activating group) is 1. The predicted molar refractivity (Wildman–Crippen MR) is 116 cm³/mol. The Morgan fingerprint density at radius 2 is 1.67 bits per heavy atom. The van der Waals surface area contributed by atoms with E-state index in [1.807, 2.05) is 50.5 Å². The molecule has 2 N–H and O–H groups in total. The Balaban J connectivity index is 1.79. The summed E-state index contributed by atoms with van der Waals surface area (Å²) in [4.78, 5) is 11.4. The van der Waals surface area contributed by atoms with Crippen molar-refractivity contribution >= 4 is 27.7 Å². The molecule has 1 aromatic heterocycles. The first-order valence-electron chi connectivity index (χ1n) is 8.91. The van der Waals surface area contributed by atoms with Gasteiger partial charge in [0.05, 0.1) is 5.69 Å². The van der Waals surface area contributed by atoms with Crippen LogP contribution in [0.2, 0.25) is 0 Å². The van der Waals surface area contributed by atoms with Gasteiger partial charge in [-0.05, 0) is 31.8 Å². The molecule has 0 aliphatic heterocycles. The number of nitrogens with one attached hydrogen (secondary N) is 2. The molecule has 5 nitrogen and oxygen atoms in total. The van der Waals surface area contributed by atoms with Crippen molar-refractivity contribution < 1.29 is 0 Å². The summed E-state index contributed by atoms with van der Waals surface area (Å²) >= 11 is 3.47. The minimum Gasteiger partial charge on any atom is -0.366 e. The van der Waals surface area contributed by atoms with E-state index in [0.717, 1.165) is 34.6 Å². The number of hydrogen-bond donors (Lipinski definition) is 2. The van der Waals surface area contributed by atoms with Crippen molar-refractivity contribution in [3.05, 3.63) is 70.7 Å². The van der Waals surface area contributed by atoms with Crippen LogP contribution in [0.5, 0.6) is 0 Å². The molecule has 0 spiro atoms. The Labute approximate surface area is 169 Å². The summed E-state index contributed by atoms with van der Waals surface area (Å²) in [6.45, 7) is 2.41. The summed E-state index contributed by atoms with van der Waals surface area (Å²) in [6, 6.07) is 20.4. The van der Waals surface area contributed by atoms with Gasteiger partial charge in [-0.3, -0.25) is 0 Å². The summed E-state index contributed by atoms with van der Waals surface area (Å²) in [5.74, 6) is 1.44. The monoisotopic (exact) mass is 425 g/mol. The Bertz CT molecular complexity index is 850. The van der Waals surface area contributed by atoms with Gasteiger partial charge < -0.3 is 15.5 Å². The normalized spacial score (nSPS) is 10.8. The van der Waals surface area contributed by atoms with Crippen LogP contribution in [0.25, 0.3) is 11.3 Å². The number of anilines is 2. The second-order valence-corrected chi connectivity index (χ2v) is 7.45. The lowest BCUT2D eigenvalue weighted by molar-refractivity contribution is 0.425. The lowest BCUT2D eigenvalue weighted by Gasteiger charge is -2.13. The van der Waals surface area contributed by atoms with Crippen LogP contribution in [0.15, 0.2) is 65.1 Å². The largest absolute Gasteiger partial charge is 0.366 e. The summed E-state index contributed by atoms with van der Waals surface area (Å²) in [5.41, 5.74) is 3.17. The number of rotatable bonds is 8. The zero-order chi connectivity index (χ0) is 19.1. The van der Waals surface area contributed by atoms with Crippen molar-refractivity contribution in [1.82, 2.24) is 14.9 Å². The second-order valence-electron chi connectivity index (χ2n) is 6.54. The first-order valence-corrected chi connectivity index (χ1v) is 9.71. The first kappa shape index (κ1) is 19.3. The molecule has 6 heteroatoms. The summed E-state index contributed by atoms with van der Waals surface area (Å²) in [7, 11) is 4.10. The van der Waals surface area contributed by atoms with Crippen LogP contribution in [0.3, 0.4) is 0 Å². The van der Waals surface area contributed by atoms with Gasteiger partial charge in [0, 0.05) is 35.7 Å². The van der Waals surface area contributed by atoms with E-state index in [-0.39, 0.29) is 0 Å². The molecule has 0 atom stereocenters. The van der Waals surface area contributed by atoms with Gasteiger partial charge in [0.2, 0.25) is 5.95 Å². The lowest BCUT2D eigenvalue weighted by atomic mass is 10.1. The van der Waals surface area contributed by atoms with E-state index in [1.165, 1.54) is 5.56 Å². The molecule has 0 saturated carbocycles. The standard InChI is InChI=1S/C21H24BrN5/c1-27(2)13-12-23-21-25-19(17-6-4-3-5-7-17)14-20(26-21)24-15-16-8-10-18(22)11-9-16/h3-11,14H,12-13,15H2,1-2H3,(H2,23,24,25,26). The predicted octanol–water partition coefficient (Wildman–Crippen LogP) is 4.49. The van der Waals surface area contributed by atoms with E-state index in [0.29, 0.717) is 12.5 Å². The molecule has 0 fully saturated rings. The van der Waals surface area contributed by atoms with Gasteiger partial charge in [0.25, 0.3) is 0 Å². The Morgan fingerprint density at radius 1 is 0.926 bits per heavy atom. The summed E-state index contributed by atoms with van der Waals surface area (Å²) in [5, 5.41) is 6.74. The number of hydrogen-bond acceptors (Lipinski definition) is 5. The van der Waals surface area contributed by atoms with Gasteiger partial charge in [-0.1, -0.05) is 58.4 Å². The van der Waals surface area contributed by atoms with Gasteiger partial charge in [-0.25, -0.2) is 4.98 Å². The van der Waals surface area contributed by atoms with Crippen LogP contribution in [0, 0.1) is 0 Å². The van der Waals surface area contributed by atoms with Crippen molar-refractivity contribution in [3.8, 4) is 11.3 Å². The van der Waals surface area contributed by atoms with Crippen molar-refractivity contribution in [1.29, 1.82) is 0 Å². The average molecular weight is 426 g/mol. The van der Waals surface area contributed by atoms with Crippen LogP contribution in [0.1, 0.15) is 5.56 Å². The number of benzene rings is 2. The minimum atomic E-state index is 0.636. The number of halogens is 1. The molecule has 27 heavy (non-hydrogen) atoms. The maximum Gasteiger partial charge on any atom is 0.225 e. The van der Waals surface area contributed by atoms with Crippen LogP contribution < -0.4 is 10.6 Å². The van der Waals surface area contributed by atoms with Crippen LogP contribution in [-0.2, 0) is 6.54 Å². The van der Waals surface area contributed by atoms with E-state index in [4.69, 9.17) is 0 Å². The molecule has 3 aromatic rings. The third-order valence-corrected chi connectivity index (χ3v) is 4.55. The fourth-order valence-electron chi connectivity index (χ4n) is 2.56. The van der Waals surface area contributed by atoms with Crippen LogP contribution in [-0.4, -0.2) is 42.1 Å². The quantitative estimate of drug-likeness (QED) is 0.556. The average Bonchev–Trinajstić information content (AvgIpc) is 2.68. The Kier molecular flexibility index (Phi) is 6.79. The first-order chi connectivity index (χ1) is 13.1. The van der Waals surface area contributed by atoms with Gasteiger partial charge in [-0.2, -0.15) is 4.98 Å². The zero-order valence-electron chi connectivity index (χ0n) is 15.6. The van der Waals surface area contributed by atoms with E-state index in [1.54, 1.807) is 0 Å². The van der Waals surface area contributed by atoms with E-state index >= 15 is 0 Å². The molecule has 140 valence electrons. The molecule has 0 amide bonds. The van der Waals surface area contributed by atoms with Gasteiger partial charge >= 0.3 is 0 Å². The highest BCUT2D eigenvalue weighted by molar-refractivity contribution is 9.10. The smallest absolute Gasteiger partial charge is 0.225 e. The molecule has 0 radical (unpaired) electrons. The van der Waals surface area contributed by atoms with Crippen LogP contribution >= 0.6 is 15.9 Å². The minimum absolute atomic E-state index is 0.636. The lowest BCUT2D eigenvalue weighted by Crippen LogP contribution is -2.21. The summed E-state index contributed by atoms with van der Waals surface area (Å²) < 4.78 is 1.08. The van der Waals surface area contributed by atoms with Gasteiger partial charge in [0.1, 0.15) is 5.82 Å². The molecule has 3 rings (SSSR count). The molecular formula is C21H24BrN5. The topological polar surface area (TPSA) is 53.1 Å². The van der Waals surface area contributed by atoms with E-state index in [2.05, 4.69) is 65.7 Å². The van der Waals surface area contributed by atoms with Crippen molar-refractivity contribution in [2.24, 2.45) is 0 Å². The third kappa shape index (κ3) is 6.05. The van der Waals surface area contributed by atoms with Crippen molar-refractivity contribution in [2.45, 2.75) is 6.54 Å². The molecule has 0 saturated heterocycles. The molecule has 0 bridgehead atoms. The number of nitrogens with zero attached hydrogens (tertiary/aromatic N) is 3.